The zero-order valence-electron chi connectivity index (χ0n) is 7.26. The molecule has 3 heteroatoms. The number of benzene rings is 1. The molecule has 13 heavy (non-hydrogen) atoms. The SMILES string of the molecule is OCC1NCCc2cc(F)ccc21. The van der Waals surface area contributed by atoms with Crippen LogP contribution in [-0.4, -0.2) is 18.3 Å². The van der Waals surface area contributed by atoms with E-state index in [1.165, 1.54) is 6.07 Å². The van der Waals surface area contributed by atoms with Crippen LogP contribution < -0.4 is 5.32 Å². The van der Waals surface area contributed by atoms with Gasteiger partial charge in [0, 0.05) is 0 Å². The van der Waals surface area contributed by atoms with Gasteiger partial charge in [-0.25, -0.2) is 4.39 Å². The fourth-order valence-electron chi connectivity index (χ4n) is 1.78. The Hall–Kier alpha value is -0.930. The van der Waals surface area contributed by atoms with Crippen LogP contribution in [0.25, 0.3) is 0 Å². The molecule has 1 aromatic rings. The Labute approximate surface area is 76.4 Å². The molecule has 2 rings (SSSR count). The van der Waals surface area contributed by atoms with E-state index in [1.54, 1.807) is 12.1 Å². The third-order valence-corrected chi connectivity index (χ3v) is 2.45. The Morgan fingerprint density at radius 3 is 3.15 bits per heavy atom. The number of aliphatic hydroxyl groups is 1. The van der Waals surface area contributed by atoms with Gasteiger partial charge in [-0.3, -0.25) is 0 Å². The summed E-state index contributed by atoms with van der Waals surface area (Å²) >= 11 is 0. The second-order valence-electron chi connectivity index (χ2n) is 3.28. The van der Waals surface area contributed by atoms with Crippen molar-refractivity contribution in [1.29, 1.82) is 0 Å². The minimum Gasteiger partial charge on any atom is -0.394 e. The summed E-state index contributed by atoms with van der Waals surface area (Å²) < 4.78 is 12.8. The van der Waals surface area contributed by atoms with Gasteiger partial charge >= 0.3 is 0 Å². The van der Waals surface area contributed by atoms with Crippen LogP contribution in [0.5, 0.6) is 0 Å². The van der Waals surface area contributed by atoms with Gasteiger partial charge in [0.05, 0.1) is 12.6 Å². The number of fused-ring (bicyclic) bond motifs is 1. The number of hydrogen-bond donors (Lipinski definition) is 2. The Morgan fingerprint density at radius 2 is 2.38 bits per heavy atom. The van der Waals surface area contributed by atoms with Gasteiger partial charge in [0.25, 0.3) is 0 Å². The maximum atomic E-state index is 12.8. The van der Waals surface area contributed by atoms with Crippen molar-refractivity contribution in [2.75, 3.05) is 13.2 Å². The van der Waals surface area contributed by atoms with Crippen molar-refractivity contribution in [2.24, 2.45) is 0 Å². The summed E-state index contributed by atoms with van der Waals surface area (Å²) in [6.45, 7) is 0.875. The zero-order valence-corrected chi connectivity index (χ0v) is 7.26. The van der Waals surface area contributed by atoms with Crippen molar-refractivity contribution >= 4 is 0 Å². The molecule has 2 N–H and O–H groups in total. The van der Waals surface area contributed by atoms with Gasteiger partial charge in [-0.05, 0) is 36.2 Å². The molecule has 0 saturated carbocycles. The average molecular weight is 181 g/mol. The van der Waals surface area contributed by atoms with Crippen LogP contribution in [0.3, 0.4) is 0 Å². The van der Waals surface area contributed by atoms with Crippen molar-refractivity contribution in [2.45, 2.75) is 12.5 Å². The summed E-state index contributed by atoms with van der Waals surface area (Å²) in [7, 11) is 0. The van der Waals surface area contributed by atoms with Gasteiger partial charge < -0.3 is 10.4 Å². The van der Waals surface area contributed by atoms with E-state index in [1.807, 2.05) is 0 Å². The molecule has 1 aliphatic rings. The fourth-order valence-corrected chi connectivity index (χ4v) is 1.78. The lowest BCUT2D eigenvalue weighted by atomic mass is 9.95. The van der Waals surface area contributed by atoms with E-state index in [4.69, 9.17) is 5.11 Å². The molecule has 0 radical (unpaired) electrons. The molecule has 1 unspecified atom stereocenters. The van der Waals surface area contributed by atoms with E-state index in [0.717, 1.165) is 24.1 Å². The van der Waals surface area contributed by atoms with Crippen LogP contribution in [0.4, 0.5) is 4.39 Å². The predicted molar refractivity (Wildman–Crippen MR) is 47.9 cm³/mol. The molecule has 0 spiro atoms. The maximum Gasteiger partial charge on any atom is 0.123 e. The first-order valence-corrected chi connectivity index (χ1v) is 4.44. The molecule has 1 aliphatic heterocycles. The summed E-state index contributed by atoms with van der Waals surface area (Å²) in [6, 6.07) is 4.72. The van der Waals surface area contributed by atoms with Crippen molar-refractivity contribution in [3.63, 3.8) is 0 Å². The minimum atomic E-state index is -0.197. The lowest BCUT2D eigenvalue weighted by Gasteiger charge is -2.25. The van der Waals surface area contributed by atoms with Gasteiger partial charge in [-0.2, -0.15) is 0 Å². The molecular weight excluding hydrogens is 169 g/mol. The maximum absolute atomic E-state index is 12.8. The molecule has 70 valence electrons. The number of aliphatic hydroxyl groups excluding tert-OH is 1. The number of halogens is 1. The molecule has 0 amide bonds. The van der Waals surface area contributed by atoms with Gasteiger partial charge in [0.15, 0.2) is 0 Å². The summed E-state index contributed by atoms with van der Waals surface area (Å²) in [5.41, 5.74) is 2.04. The topological polar surface area (TPSA) is 32.3 Å². The first-order valence-electron chi connectivity index (χ1n) is 4.44. The van der Waals surface area contributed by atoms with Crippen molar-refractivity contribution in [3.8, 4) is 0 Å². The van der Waals surface area contributed by atoms with Crippen LogP contribution in [-0.2, 0) is 6.42 Å². The summed E-state index contributed by atoms with van der Waals surface area (Å²) in [4.78, 5) is 0. The Morgan fingerprint density at radius 1 is 1.54 bits per heavy atom. The summed E-state index contributed by atoms with van der Waals surface area (Å²) in [5.74, 6) is -0.197. The highest BCUT2D eigenvalue weighted by molar-refractivity contribution is 5.33. The third-order valence-electron chi connectivity index (χ3n) is 2.45. The van der Waals surface area contributed by atoms with Gasteiger partial charge in [-0.1, -0.05) is 6.07 Å². The largest absolute Gasteiger partial charge is 0.394 e. The Bertz CT molecular complexity index is 314. The van der Waals surface area contributed by atoms with Gasteiger partial charge in [0.1, 0.15) is 5.82 Å². The number of rotatable bonds is 1. The molecule has 1 aromatic carbocycles. The van der Waals surface area contributed by atoms with E-state index in [0.29, 0.717) is 0 Å². The molecule has 1 atom stereocenters. The van der Waals surface area contributed by atoms with Gasteiger partial charge in [-0.15, -0.1) is 0 Å². The molecule has 0 bridgehead atoms. The van der Waals surface area contributed by atoms with E-state index in [2.05, 4.69) is 5.32 Å². The molecule has 2 nitrogen and oxygen atoms in total. The number of nitrogens with one attached hydrogen (secondary N) is 1. The smallest absolute Gasteiger partial charge is 0.123 e. The van der Waals surface area contributed by atoms with Crippen LogP contribution in [0.15, 0.2) is 18.2 Å². The quantitative estimate of drug-likeness (QED) is 0.677. The van der Waals surface area contributed by atoms with Crippen molar-refractivity contribution in [3.05, 3.63) is 35.1 Å². The number of hydrogen-bond acceptors (Lipinski definition) is 2. The lowest BCUT2D eigenvalue weighted by Crippen LogP contribution is -2.32. The first kappa shape index (κ1) is 8.66. The minimum absolute atomic E-state index is 0.0238. The average Bonchev–Trinajstić information content (AvgIpc) is 2.16. The standard InChI is InChI=1S/C10H12FNO/c11-8-1-2-9-7(5-8)3-4-12-10(9)6-13/h1-2,5,10,12-13H,3-4,6H2. The summed E-state index contributed by atoms with van der Waals surface area (Å²) in [6.07, 6.45) is 0.837. The van der Waals surface area contributed by atoms with Crippen molar-refractivity contribution in [1.82, 2.24) is 5.32 Å². The van der Waals surface area contributed by atoms with Crippen molar-refractivity contribution < 1.29 is 9.50 Å². The van der Waals surface area contributed by atoms with E-state index >= 15 is 0 Å². The van der Waals surface area contributed by atoms with Crippen LogP contribution >= 0.6 is 0 Å². The van der Waals surface area contributed by atoms with Gasteiger partial charge in [0.2, 0.25) is 0 Å². The van der Waals surface area contributed by atoms with E-state index < -0.39 is 0 Å². The molecule has 0 saturated heterocycles. The fraction of sp³-hybridized carbons (Fsp3) is 0.400. The van der Waals surface area contributed by atoms with E-state index in [-0.39, 0.29) is 18.5 Å². The highest BCUT2D eigenvalue weighted by Crippen LogP contribution is 2.22. The molecule has 0 fully saturated rings. The predicted octanol–water partition coefficient (Wildman–Crippen LogP) is 1.00. The highest BCUT2D eigenvalue weighted by Gasteiger charge is 2.18. The molecule has 1 heterocycles. The normalized spacial score (nSPS) is 21.2. The van der Waals surface area contributed by atoms with Crippen LogP contribution in [0.2, 0.25) is 0 Å². The second-order valence-corrected chi connectivity index (χ2v) is 3.28. The second kappa shape index (κ2) is 3.44. The lowest BCUT2D eigenvalue weighted by molar-refractivity contribution is 0.240. The van der Waals surface area contributed by atoms with E-state index in [9.17, 15) is 4.39 Å². The third kappa shape index (κ3) is 1.57. The zero-order chi connectivity index (χ0) is 9.26. The summed E-state index contributed by atoms with van der Waals surface area (Å²) in [5, 5.41) is 12.2. The van der Waals surface area contributed by atoms with Crippen LogP contribution in [0, 0.1) is 5.82 Å². The first-order chi connectivity index (χ1) is 6.31. The van der Waals surface area contributed by atoms with Crippen LogP contribution in [0.1, 0.15) is 17.2 Å². The molecular formula is C10H12FNO. The highest BCUT2D eigenvalue weighted by atomic mass is 19.1. The molecule has 0 aromatic heterocycles. The Balaban J connectivity index is 2.40. The molecule has 0 aliphatic carbocycles. The Kier molecular flexibility index (Phi) is 2.29. The monoisotopic (exact) mass is 181 g/mol.